The summed E-state index contributed by atoms with van der Waals surface area (Å²) in [5, 5.41) is 13.6. The summed E-state index contributed by atoms with van der Waals surface area (Å²) >= 11 is 0. The lowest BCUT2D eigenvalue weighted by Crippen LogP contribution is -2.09. The molecule has 7 heteroatoms. The van der Waals surface area contributed by atoms with Crippen molar-refractivity contribution in [2.75, 3.05) is 12.1 Å². The highest BCUT2D eigenvalue weighted by Gasteiger charge is 2.14. The third-order valence-corrected chi connectivity index (χ3v) is 3.58. The molecule has 0 spiro atoms. The van der Waals surface area contributed by atoms with Gasteiger partial charge in [0.1, 0.15) is 0 Å². The molecule has 24 heavy (non-hydrogen) atoms. The fraction of sp³-hybridized carbons (Fsp3) is 0.118. The van der Waals surface area contributed by atoms with Crippen molar-refractivity contribution in [2.45, 2.75) is 6.92 Å². The number of carbonyl (C=O) groups excluding carboxylic acids is 1. The maximum absolute atomic E-state index is 12.0. The number of hydrogen-bond donors (Lipinski definition) is 1. The molecular formula is C17H14N2O5. The number of nitro benzene ring substituents is 1. The van der Waals surface area contributed by atoms with E-state index in [0.717, 1.165) is 5.56 Å². The van der Waals surface area contributed by atoms with Gasteiger partial charge in [0.15, 0.2) is 11.5 Å². The van der Waals surface area contributed by atoms with E-state index in [1.54, 1.807) is 37.3 Å². The topological polar surface area (TPSA) is 90.7 Å². The van der Waals surface area contributed by atoms with E-state index in [4.69, 9.17) is 9.47 Å². The van der Waals surface area contributed by atoms with Crippen molar-refractivity contribution in [3.63, 3.8) is 0 Å². The molecule has 0 bridgehead atoms. The van der Waals surface area contributed by atoms with Gasteiger partial charge in [-0.15, -0.1) is 0 Å². The minimum atomic E-state index is -0.479. The van der Waals surface area contributed by atoms with Gasteiger partial charge >= 0.3 is 0 Å². The minimum Gasteiger partial charge on any atom is -0.454 e. The van der Waals surface area contributed by atoms with Gasteiger partial charge < -0.3 is 14.8 Å². The first-order valence-corrected chi connectivity index (χ1v) is 7.17. The largest absolute Gasteiger partial charge is 0.454 e. The van der Waals surface area contributed by atoms with E-state index in [-0.39, 0.29) is 18.4 Å². The van der Waals surface area contributed by atoms with Gasteiger partial charge in [-0.1, -0.05) is 12.1 Å². The van der Waals surface area contributed by atoms with Crippen LogP contribution >= 0.6 is 0 Å². The second kappa shape index (κ2) is 6.41. The molecule has 0 saturated heterocycles. The zero-order valence-corrected chi connectivity index (χ0v) is 12.8. The van der Waals surface area contributed by atoms with Crippen LogP contribution in [-0.4, -0.2) is 17.6 Å². The number of rotatable bonds is 4. The first kappa shape index (κ1) is 15.5. The summed E-state index contributed by atoms with van der Waals surface area (Å²) in [6.45, 7) is 1.78. The average Bonchev–Trinajstić information content (AvgIpc) is 3.02. The molecule has 3 rings (SSSR count). The molecule has 1 aliphatic rings. The highest BCUT2D eigenvalue weighted by molar-refractivity contribution is 6.02. The number of anilines is 1. The molecule has 7 nitrogen and oxygen atoms in total. The van der Waals surface area contributed by atoms with E-state index in [1.807, 2.05) is 0 Å². The highest BCUT2D eigenvalue weighted by atomic mass is 16.7. The average molecular weight is 326 g/mol. The number of amides is 1. The van der Waals surface area contributed by atoms with Gasteiger partial charge in [0.05, 0.1) is 16.2 Å². The molecule has 0 fully saturated rings. The van der Waals surface area contributed by atoms with Gasteiger partial charge in [-0.3, -0.25) is 14.9 Å². The molecule has 0 atom stereocenters. The van der Waals surface area contributed by atoms with Crippen molar-refractivity contribution in [1.82, 2.24) is 0 Å². The van der Waals surface area contributed by atoms with Crippen LogP contribution in [0, 0.1) is 17.0 Å². The monoisotopic (exact) mass is 326 g/mol. The number of nitrogens with zero attached hydrogens (tertiary/aromatic N) is 1. The van der Waals surface area contributed by atoms with Gasteiger partial charge in [-0.2, -0.15) is 0 Å². The SMILES string of the molecule is Cc1c(NC(=O)C=Cc2ccc3c(c2)OCO3)cccc1[N+](=O)[O-]. The van der Waals surface area contributed by atoms with E-state index in [9.17, 15) is 14.9 Å². The maximum atomic E-state index is 12.0. The van der Waals surface area contributed by atoms with Crippen LogP contribution in [-0.2, 0) is 4.79 Å². The lowest BCUT2D eigenvalue weighted by atomic mass is 10.1. The Bertz CT molecular complexity index is 845. The summed E-state index contributed by atoms with van der Waals surface area (Å²) in [6, 6.07) is 9.88. The molecule has 0 unspecified atom stereocenters. The number of carbonyl (C=O) groups is 1. The van der Waals surface area contributed by atoms with E-state index in [0.29, 0.717) is 22.7 Å². The summed E-state index contributed by atoms with van der Waals surface area (Å²) in [5.41, 5.74) is 1.56. The molecule has 0 aromatic heterocycles. The molecule has 122 valence electrons. The quantitative estimate of drug-likeness (QED) is 0.529. The normalized spacial score (nSPS) is 12.4. The first-order valence-electron chi connectivity index (χ1n) is 7.17. The third kappa shape index (κ3) is 3.19. The molecule has 1 amide bonds. The van der Waals surface area contributed by atoms with Crippen LogP contribution in [0.15, 0.2) is 42.5 Å². The lowest BCUT2D eigenvalue weighted by Gasteiger charge is -2.06. The number of hydrogen-bond acceptors (Lipinski definition) is 5. The Morgan fingerprint density at radius 2 is 2.04 bits per heavy atom. The van der Waals surface area contributed by atoms with Crippen LogP contribution in [0.2, 0.25) is 0 Å². The number of benzene rings is 2. The molecule has 0 saturated carbocycles. The number of ether oxygens (including phenoxy) is 2. The third-order valence-electron chi connectivity index (χ3n) is 3.58. The van der Waals surface area contributed by atoms with Crippen LogP contribution in [0.1, 0.15) is 11.1 Å². The lowest BCUT2D eigenvalue weighted by molar-refractivity contribution is -0.385. The summed E-state index contributed by atoms with van der Waals surface area (Å²) in [5.74, 6) is 0.923. The van der Waals surface area contributed by atoms with Crippen LogP contribution in [0.25, 0.3) is 6.08 Å². The van der Waals surface area contributed by atoms with Gasteiger partial charge in [0, 0.05) is 12.1 Å². The predicted molar refractivity (Wildman–Crippen MR) is 88.1 cm³/mol. The molecule has 1 N–H and O–H groups in total. The number of nitrogens with one attached hydrogen (secondary N) is 1. The van der Waals surface area contributed by atoms with Gasteiger partial charge in [0.2, 0.25) is 12.7 Å². The highest BCUT2D eigenvalue weighted by Crippen LogP contribution is 2.32. The fourth-order valence-electron chi connectivity index (χ4n) is 2.32. The molecule has 2 aromatic carbocycles. The Balaban J connectivity index is 1.72. The van der Waals surface area contributed by atoms with Gasteiger partial charge in [0.25, 0.3) is 5.69 Å². The van der Waals surface area contributed by atoms with Crippen LogP contribution < -0.4 is 14.8 Å². The van der Waals surface area contributed by atoms with Crippen molar-refractivity contribution < 1.29 is 19.2 Å². The standard InChI is InChI=1S/C17H14N2O5/c1-11-13(3-2-4-14(11)19(21)22)18-17(20)8-6-12-5-7-15-16(9-12)24-10-23-15/h2-9H,10H2,1H3,(H,18,20). The Morgan fingerprint density at radius 3 is 2.83 bits per heavy atom. The molecule has 1 aliphatic heterocycles. The summed E-state index contributed by atoms with van der Waals surface area (Å²) in [4.78, 5) is 22.5. The van der Waals surface area contributed by atoms with Crippen molar-refractivity contribution in [1.29, 1.82) is 0 Å². The Morgan fingerprint density at radius 1 is 1.25 bits per heavy atom. The van der Waals surface area contributed by atoms with E-state index >= 15 is 0 Å². The maximum Gasteiger partial charge on any atom is 0.274 e. The first-order chi connectivity index (χ1) is 11.5. The van der Waals surface area contributed by atoms with Crippen molar-refractivity contribution in [2.24, 2.45) is 0 Å². The second-order valence-corrected chi connectivity index (χ2v) is 5.14. The molecule has 1 heterocycles. The van der Waals surface area contributed by atoms with Gasteiger partial charge in [-0.25, -0.2) is 0 Å². The zero-order valence-electron chi connectivity index (χ0n) is 12.8. The summed E-state index contributed by atoms with van der Waals surface area (Å²) in [6.07, 6.45) is 2.99. The van der Waals surface area contributed by atoms with Crippen LogP contribution in [0.5, 0.6) is 11.5 Å². The van der Waals surface area contributed by atoms with Crippen molar-refractivity contribution >= 4 is 23.4 Å². The van der Waals surface area contributed by atoms with Gasteiger partial charge in [-0.05, 0) is 36.8 Å². The second-order valence-electron chi connectivity index (χ2n) is 5.14. The summed E-state index contributed by atoms with van der Waals surface area (Å²) < 4.78 is 10.5. The molecule has 2 aromatic rings. The Kier molecular flexibility index (Phi) is 4.15. The van der Waals surface area contributed by atoms with Crippen molar-refractivity contribution in [3.05, 3.63) is 63.7 Å². The van der Waals surface area contributed by atoms with Crippen LogP contribution in [0.4, 0.5) is 11.4 Å². The number of fused-ring (bicyclic) bond motifs is 1. The zero-order chi connectivity index (χ0) is 17.1. The van der Waals surface area contributed by atoms with Crippen molar-refractivity contribution in [3.8, 4) is 11.5 Å². The van der Waals surface area contributed by atoms with Crippen LogP contribution in [0.3, 0.4) is 0 Å². The molecular weight excluding hydrogens is 312 g/mol. The minimum absolute atomic E-state index is 0.0347. The molecule has 0 radical (unpaired) electrons. The molecule has 0 aliphatic carbocycles. The Labute approximate surface area is 137 Å². The summed E-state index contributed by atoms with van der Waals surface area (Å²) in [7, 11) is 0. The number of nitro groups is 1. The van der Waals surface area contributed by atoms with E-state index in [1.165, 1.54) is 18.2 Å². The fourth-order valence-corrected chi connectivity index (χ4v) is 2.32. The predicted octanol–water partition coefficient (Wildman–Crippen LogP) is 3.28. The Hall–Kier alpha value is -3.35. The van der Waals surface area contributed by atoms with E-state index in [2.05, 4.69) is 5.32 Å². The smallest absolute Gasteiger partial charge is 0.274 e. The van der Waals surface area contributed by atoms with E-state index < -0.39 is 4.92 Å².